The van der Waals surface area contributed by atoms with E-state index in [1.165, 1.54) is 50.7 Å². The maximum Gasteiger partial charge on any atom is 0.157 e. The summed E-state index contributed by atoms with van der Waals surface area (Å²) in [6, 6.07) is 2.14. The SMILES string of the molecule is C[C@]12CC[C@H](OC3CCCCO3)CC1=CC[C@@H]1C2CC[C@]2(C)/C(=N/OCCC#N)CCC12. The smallest absolute Gasteiger partial charge is 0.157 e. The number of rotatable bonds is 5. The Balaban J connectivity index is 1.27. The molecule has 0 aromatic carbocycles. The summed E-state index contributed by atoms with van der Waals surface area (Å²) in [4.78, 5) is 5.52. The molecule has 5 nitrogen and oxygen atoms in total. The van der Waals surface area contributed by atoms with Gasteiger partial charge in [-0.15, -0.1) is 0 Å². The first kappa shape index (κ1) is 22.4. The van der Waals surface area contributed by atoms with E-state index in [2.05, 4.69) is 31.1 Å². The predicted octanol–water partition coefficient (Wildman–Crippen LogP) is 6.15. The van der Waals surface area contributed by atoms with Gasteiger partial charge in [-0.3, -0.25) is 0 Å². The molecule has 0 spiro atoms. The average molecular weight is 441 g/mol. The zero-order chi connectivity index (χ0) is 22.2. The van der Waals surface area contributed by atoms with Crippen molar-refractivity contribution in [1.82, 2.24) is 0 Å². The van der Waals surface area contributed by atoms with Gasteiger partial charge in [0.25, 0.3) is 0 Å². The van der Waals surface area contributed by atoms with E-state index in [1.807, 2.05) is 0 Å². The lowest BCUT2D eigenvalue weighted by molar-refractivity contribution is -0.195. The molecule has 1 heterocycles. The van der Waals surface area contributed by atoms with Gasteiger partial charge in [0.05, 0.1) is 24.3 Å². The van der Waals surface area contributed by atoms with Crippen LogP contribution in [0.1, 0.15) is 90.9 Å². The lowest BCUT2D eigenvalue weighted by Crippen LogP contribution is -2.50. The second-order valence-electron chi connectivity index (χ2n) is 11.3. The minimum absolute atomic E-state index is 0.0250. The van der Waals surface area contributed by atoms with Crippen LogP contribution in [0.3, 0.4) is 0 Å². The molecule has 0 aromatic rings. The Morgan fingerprint density at radius 1 is 1.12 bits per heavy atom. The van der Waals surface area contributed by atoms with Crippen LogP contribution in [0.15, 0.2) is 16.8 Å². The Morgan fingerprint density at radius 3 is 2.78 bits per heavy atom. The van der Waals surface area contributed by atoms with Crippen molar-refractivity contribution in [2.45, 2.75) is 103 Å². The number of oxime groups is 1. The molecule has 7 atom stereocenters. The van der Waals surface area contributed by atoms with E-state index < -0.39 is 0 Å². The van der Waals surface area contributed by atoms with Gasteiger partial charge in [-0.2, -0.15) is 5.26 Å². The van der Waals surface area contributed by atoms with Gasteiger partial charge in [0.2, 0.25) is 0 Å². The summed E-state index contributed by atoms with van der Waals surface area (Å²) in [7, 11) is 0. The molecule has 1 saturated heterocycles. The van der Waals surface area contributed by atoms with Crippen molar-refractivity contribution >= 4 is 5.71 Å². The molecular formula is C27H40N2O3. The molecule has 0 radical (unpaired) electrons. The Kier molecular flexibility index (Phi) is 6.38. The molecular weight excluding hydrogens is 400 g/mol. The normalized spacial score (nSPS) is 44.7. The monoisotopic (exact) mass is 440 g/mol. The van der Waals surface area contributed by atoms with Gasteiger partial charge >= 0.3 is 0 Å². The van der Waals surface area contributed by atoms with E-state index in [-0.39, 0.29) is 11.7 Å². The minimum Gasteiger partial charge on any atom is -0.395 e. The van der Waals surface area contributed by atoms with Crippen LogP contribution >= 0.6 is 0 Å². The number of ether oxygens (including phenoxy) is 2. The van der Waals surface area contributed by atoms with Gasteiger partial charge in [0.15, 0.2) is 6.29 Å². The Morgan fingerprint density at radius 2 is 1.97 bits per heavy atom. The van der Waals surface area contributed by atoms with Crippen molar-refractivity contribution in [3.63, 3.8) is 0 Å². The molecule has 0 aromatic heterocycles. The molecule has 4 aliphatic carbocycles. The highest BCUT2D eigenvalue weighted by molar-refractivity contribution is 5.92. The van der Waals surface area contributed by atoms with Crippen LogP contribution in [-0.2, 0) is 14.3 Å². The highest BCUT2D eigenvalue weighted by Crippen LogP contribution is 2.64. The zero-order valence-corrected chi connectivity index (χ0v) is 20.0. The zero-order valence-electron chi connectivity index (χ0n) is 20.0. The second-order valence-corrected chi connectivity index (χ2v) is 11.3. The molecule has 176 valence electrons. The first-order chi connectivity index (χ1) is 15.5. The summed E-state index contributed by atoms with van der Waals surface area (Å²) in [6.45, 7) is 6.26. The lowest BCUT2D eigenvalue weighted by Gasteiger charge is -2.57. The Hall–Kier alpha value is -1.38. The number of nitriles is 1. The van der Waals surface area contributed by atoms with Gasteiger partial charge in [-0.05, 0) is 93.8 Å². The molecule has 0 amide bonds. The van der Waals surface area contributed by atoms with Gasteiger partial charge in [0, 0.05) is 12.0 Å². The lowest BCUT2D eigenvalue weighted by atomic mass is 9.48. The first-order valence-corrected chi connectivity index (χ1v) is 13.1. The minimum atomic E-state index is 0.0250. The molecule has 0 bridgehead atoms. The number of hydrogen-bond donors (Lipinski definition) is 0. The summed E-state index contributed by atoms with van der Waals surface area (Å²) in [5.74, 6) is 2.25. The predicted molar refractivity (Wildman–Crippen MR) is 124 cm³/mol. The molecule has 3 saturated carbocycles. The summed E-state index contributed by atoms with van der Waals surface area (Å²) in [6.07, 6.45) is 16.4. The van der Waals surface area contributed by atoms with E-state index in [0.29, 0.717) is 30.5 Å². The van der Waals surface area contributed by atoms with Crippen LogP contribution in [0.4, 0.5) is 0 Å². The third kappa shape index (κ3) is 3.92. The topological polar surface area (TPSA) is 63.8 Å². The van der Waals surface area contributed by atoms with E-state index in [1.54, 1.807) is 5.57 Å². The maximum atomic E-state index is 8.75. The second kappa shape index (κ2) is 9.11. The van der Waals surface area contributed by atoms with Crippen molar-refractivity contribution in [2.75, 3.05) is 13.2 Å². The van der Waals surface area contributed by atoms with E-state index in [0.717, 1.165) is 44.1 Å². The first-order valence-electron chi connectivity index (χ1n) is 13.1. The third-order valence-electron chi connectivity index (χ3n) is 9.76. The summed E-state index contributed by atoms with van der Waals surface area (Å²) in [5.41, 5.74) is 3.43. The van der Waals surface area contributed by atoms with Crippen molar-refractivity contribution in [3.8, 4) is 6.07 Å². The van der Waals surface area contributed by atoms with Gasteiger partial charge in [-0.1, -0.05) is 30.7 Å². The highest BCUT2D eigenvalue weighted by atomic mass is 16.7. The van der Waals surface area contributed by atoms with Crippen LogP contribution in [0, 0.1) is 39.9 Å². The molecule has 3 unspecified atom stereocenters. The number of hydrogen-bond acceptors (Lipinski definition) is 5. The van der Waals surface area contributed by atoms with Crippen LogP contribution in [0.25, 0.3) is 0 Å². The number of fused-ring (bicyclic) bond motifs is 5. The van der Waals surface area contributed by atoms with Crippen LogP contribution in [-0.4, -0.2) is 31.3 Å². The Bertz CT molecular complexity index is 795. The fraction of sp³-hybridized carbons (Fsp3) is 0.852. The summed E-state index contributed by atoms with van der Waals surface area (Å²) < 4.78 is 12.3. The van der Waals surface area contributed by atoms with Crippen molar-refractivity contribution in [1.29, 1.82) is 5.26 Å². The summed E-state index contributed by atoms with van der Waals surface area (Å²) in [5, 5.41) is 13.3. The largest absolute Gasteiger partial charge is 0.395 e. The van der Waals surface area contributed by atoms with Crippen LogP contribution in [0.5, 0.6) is 0 Å². The van der Waals surface area contributed by atoms with Crippen LogP contribution < -0.4 is 0 Å². The molecule has 32 heavy (non-hydrogen) atoms. The fourth-order valence-corrected chi connectivity index (χ4v) is 7.93. The fourth-order valence-electron chi connectivity index (χ4n) is 7.93. The molecule has 1 aliphatic heterocycles. The van der Waals surface area contributed by atoms with Gasteiger partial charge in [-0.25, -0.2) is 0 Å². The molecule has 4 fully saturated rings. The van der Waals surface area contributed by atoms with E-state index >= 15 is 0 Å². The molecule has 5 aliphatic rings. The standard InChI is InChI=1S/C27H40N2O3/c1-26-13-11-20(32-25-6-3-4-16-30-25)18-19(26)7-8-21-22-9-10-24(29-31-17-5-15-28)27(22,2)14-12-23(21)26/h7,20-23,25H,3-6,8-14,16-18H2,1-2H3/b29-24+/t20-,21-,22?,23?,25?,26-,27-/m0/s1. The van der Waals surface area contributed by atoms with Crippen molar-refractivity contribution < 1.29 is 14.3 Å². The number of nitrogens with zero attached hydrogens (tertiary/aromatic N) is 2. The highest BCUT2D eigenvalue weighted by Gasteiger charge is 2.58. The number of allylic oxidation sites excluding steroid dienone is 1. The molecule has 5 rings (SSSR count). The molecule has 0 N–H and O–H groups in total. The van der Waals surface area contributed by atoms with E-state index in [4.69, 9.17) is 19.6 Å². The van der Waals surface area contributed by atoms with Crippen molar-refractivity contribution in [2.24, 2.45) is 33.7 Å². The van der Waals surface area contributed by atoms with Gasteiger partial charge in [0.1, 0.15) is 6.61 Å². The maximum absolute atomic E-state index is 8.75. The summed E-state index contributed by atoms with van der Waals surface area (Å²) >= 11 is 0. The van der Waals surface area contributed by atoms with Crippen LogP contribution in [0.2, 0.25) is 0 Å². The van der Waals surface area contributed by atoms with Gasteiger partial charge < -0.3 is 14.3 Å². The van der Waals surface area contributed by atoms with E-state index in [9.17, 15) is 0 Å². The quantitative estimate of drug-likeness (QED) is 0.292. The third-order valence-corrected chi connectivity index (χ3v) is 9.76. The Labute approximate surface area is 193 Å². The molecule has 5 heteroatoms. The average Bonchev–Trinajstić information content (AvgIpc) is 3.14. The van der Waals surface area contributed by atoms with Crippen molar-refractivity contribution in [3.05, 3.63) is 11.6 Å².